The number of aliphatic carboxylic acids is 2. The van der Waals surface area contributed by atoms with Crippen molar-refractivity contribution >= 4 is 52.8 Å². The summed E-state index contributed by atoms with van der Waals surface area (Å²) in [5.41, 5.74) is 1.43. The number of thioether (sulfide) groups is 1. The van der Waals surface area contributed by atoms with E-state index in [1.165, 1.54) is 23.9 Å². The van der Waals surface area contributed by atoms with Crippen LogP contribution in [0.1, 0.15) is 65.4 Å². The number of phenols is 1. The third-order valence-electron chi connectivity index (χ3n) is 6.64. The molecule has 2 amide bonds. The normalized spacial score (nSPS) is 13.5. The SMILES string of the molecule is CC(C)CC(C(=O)NC(CCSCC(NC(=O)CC(C)(C)C)C(=O)O)C(=O)O)c1ccc(N=C(NC#N)Nc2ccc(O)cc2)cc1. The highest BCUT2D eigenvalue weighted by Crippen LogP contribution is 2.27. The maximum absolute atomic E-state index is 13.4. The summed E-state index contributed by atoms with van der Waals surface area (Å²) in [6, 6.07) is 10.7. The minimum atomic E-state index is -1.21. The van der Waals surface area contributed by atoms with Crippen LogP contribution in [0.5, 0.6) is 5.75 Å². The van der Waals surface area contributed by atoms with Crippen molar-refractivity contribution < 1.29 is 34.5 Å². The number of nitriles is 1. The molecule has 13 nitrogen and oxygen atoms in total. The zero-order chi connectivity index (χ0) is 35.1. The monoisotopic (exact) mass is 668 g/mol. The molecule has 14 heteroatoms. The van der Waals surface area contributed by atoms with Crippen molar-refractivity contribution in [2.75, 3.05) is 16.8 Å². The van der Waals surface area contributed by atoms with Crippen LogP contribution < -0.4 is 21.3 Å². The quantitative estimate of drug-likeness (QED) is 0.0333. The molecule has 0 bridgehead atoms. The fraction of sp³-hybridized carbons (Fsp3) is 0.455. The number of amides is 2. The average molecular weight is 669 g/mol. The molecule has 0 aliphatic heterocycles. The van der Waals surface area contributed by atoms with Gasteiger partial charge in [-0.05, 0) is 71.9 Å². The molecule has 2 aromatic carbocycles. The Balaban J connectivity index is 2.08. The second-order valence-corrected chi connectivity index (χ2v) is 13.8. The molecule has 0 aliphatic rings. The molecule has 3 atom stereocenters. The van der Waals surface area contributed by atoms with Crippen LogP contribution in [-0.2, 0) is 19.2 Å². The second-order valence-electron chi connectivity index (χ2n) is 12.6. The van der Waals surface area contributed by atoms with Crippen LogP contribution in [-0.4, -0.2) is 68.6 Å². The molecule has 2 aromatic rings. The lowest BCUT2D eigenvalue weighted by Gasteiger charge is -2.23. The van der Waals surface area contributed by atoms with Crippen molar-refractivity contribution in [3.05, 3.63) is 54.1 Å². The lowest BCUT2D eigenvalue weighted by molar-refractivity contribution is -0.142. The summed E-state index contributed by atoms with van der Waals surface area (Å²) in [5.74, 6) is -3.22. The Labute approximate surface area is 279 Å². The molecule has 0 fully saturated rings. The van der Waals surface area contributed by atoms with Crippen molar-refractivity contribution in [3.8, 4) is 11.9 Å². The highest BCUT2D eigenvalue weighted by Gasteiger charge is 2.28. The molecule has 2 rings (SSSR count). The summed E-state index contributed by atoms with van der Waals surface area (Å²) >= 11 is 1.18. The number of carbonyl (C=O) groups excluding carboxylic acids is 2. The highest BCUT2D eigenvalue weighted by atomic mass is 32.2. The lowest BCUT2D eigenvalue weighted by atomic mass is 9.89. The Morgan fingerprint density at radius 3 is 2.09 bits per heavy atom. The van der Waals surface area contributed by atoms with Gasteiger partial charge >= 0.3 is 11.9 Å². The van der Waals surface area contributed by atoms with Crippen molar-refractivity contribution in [1.29, 1.82) is 5.26 Å². The number of carbonyl (C=O) groups is 4. The fourth-order valence-electron chi connectivity index (χ4n) is 4.43. The number of hydrogen-bond donors (Lipinski definition) is 7. The molecule has 0 saturated heterocycles. The van der Waals surface area contributed by atoms with Crippen molar-refractivity contribution in [2.24, 2.45) is 16.3 Å². The van der Waals surface area contributed by atoms with Gasteiger partial charge in [0, 0.05) is 17.9 Å². The fourth-order valence-corrected chi connectivity index (χ4v) is 5.46. The van der Waals surface area contributed by atoms with Crippen LogP contribution >= 0.6 is 11.8 Å². The zero-order valence-electron chi connectivity index (χ0n) is 27.2. The number of carboxylic acids is 2. The summed E-state index contributed by atoms with van der Waals surface area (Å²) < 4.78 is 0. The van der Waals surface area contributed by atoms with E-state index in [-0.39, 0.29) is 53.3 Å². The Hall–Kier alpha value is -4.77. The maximum Gasteiger partial charge on any atom is 0.327 e. The Morgan fingerprint density at radius 1 is 0.936 bits per heavy atom. The number of guanidine groups is 1. The molecule has 0 heterocycles. The molecule has 0 radical (unpaired) electrons. The molecule has 0 spiro atoms. The van der Waals surface area contributed by atoms with Crippen molar-refractivity contribution in [1.82, 2.24) is 16.0 Å². The predicted molar refractivity (Wildman–Crippen MR) is 181 cm³/mol. The van der Waals surface area contributed by atoms with Crippen LogP contribution in [0.3, 0.4) is 0 Å². The van der Waals surface area contributed by atoms with Crippen molar-refractivity contribution in [3.63, 3.8) is 0 Å². The largest absolute Gasteiger partial charge is 0.508 e. The lowest BCUT2D eigenvalue weighted by Crippen LogP contribution is -2.44. The molecule has 3 unspecified atom stereocenters. The molecule has 47 heavy (non-hydrogen) atoms. The second kappa shape index (κ2) is 18.4. The van der Waals surface area contributed by atoms with E-state index in [4.69, 9.17) is 5.26 Å². The number of nitrogens with zero attached hydrogens (tertiary/aromatic N) is 2. The number of anilines is 1. The standard InChI is InChI=1S/C33H44N6O7S/c1-20(2)16-25(21-6-8-22(9-7-21)36-32(35-19-34)37-23-10-12-24(40)13-11-23)29(42)39-26(30(43)44)14-15-47-18-27(31(45)46)38-28(41)17-33(3,4)5/h6-13,20,25-27,40H,14-18H2,1-5H3,(H,38,41)(H,39,42)(H,43,44)(H,45,46)(H2,35,36,37). The summed E-state index contributed by atoms with van der Waals surface area (Å²) in [7, 11) is 0. The van der Waals surface area contributed by atoms with Gasteiger partial charge in [0.2, 0.25) is 17.8 Å². The molecule has 0 saturated carbocycles. The number of nitrogens with one attached hydrogen (secondary N) is 4. The van der Waals surface area contributed by atoms with Gasteiger partial charge in [-0.15, -0.1) is 0 Å². The van der Waals surface area contributed by atoms with Gasteiger partial charge in [-0.3, -0.25) is 14.9 Å². The first kappa shape index (κ1) is 38.4. The minimum Gasteiger partial charge on any atom is -0.508 e. The van der Waals surface area contributed by atoms with Crippen LogP contribution in [0.15, 0.2) is 53.5 Å². The molecule has 0 aliphatic carbocycles. The van der Waals surface area contributed by atoms with Crippen LogP contribution in [0.2, 0.25) is 0 Å². The number of phenolic OH excluding ortho intramolecular Hbond substituents is 1. The average Bonchev–Trinajstić information content (AvgIpc) is 2.97. The van der Waals surface area contributed by atoms with E-state index in [1.807, 2.05) is 40.8 Å². The molecule has 7 N–H and O–H groups in total. The van der Waals surface area contributed by atoms with E-state index >= 15 is 0 Å². The zero-order valence-corrected chi connectivity index (χ0v) is 28.1. The topological polar surface area (TPSA) is 213 Å². The van der Waals surface area contributed by atoms with E-state index in [1.54, 1.807) is 36.4 Å². The Morgan fingerprint density at radius 2 is 1.55 bits per heavy atom. The number of rotatable bonds is 16. The van der Waals surface area contributed by atoms with Gasteiger partial charge in [-0.1, -0.05) is 46.8 Å². The third-order valence-corrected chi connectivity index (χ3v) is 7.73. The van der Waals surface area contributed by atoms with Gasteiger partial charge in [0.05, 0.1) is 11.6 Å². The van der Waals surface area contributed by atoms with Crippen LogP contribution in [0.25, 0.3) is 0 Å². The van der Waals surface area contributed by atoms with Crippen LogP contribution in [0, 0.1) is 22.8 Å². The molecule has 0 aromatic heterocycles. The van der Waals surface area contributed by atoms with Gasteiger partial charge in [0.15, 0.2) is 6.19 Å². The number of benzene rings is 2. The maximum atomic E-state index is 13.4. The number of hydrogen-bond acceptors (Lipinski definition) is 8. The first-order valence-electron chi connectivity index (χ1n) is 15.1. The van der Waals surface area contributed by atoms with E-state index in [9.17, 15) is 34.5 Å². The summed E-state index contributed by atoms with van der Waals surface area (Å²) in [4.78, 5) is 53.7. The number of aromatic hydroxyl groups is 1. The van der Waals surface area contributed by atoms with Gasteiger partial charge in [-0.25, -0.2) is 14.6 Å². The number of aliphatic imine (C=N–C) groups is 1. The Bertz CT molecular complexity index is 1430. The van der Waals surface area contributed by atoms with E-state index in [0.29, 0.717) is 23.4 Å². The predicted octanol–water partition coefficient (Wildman–Crippen LogP) is 4.39. The van der Waals surface area contributed by atoms with Gasteiger partial charge in [0.25, 0.3) is 0 Å². The molecular weight excluding hydrogens is 624 g/mol. The van der Waals surface area contributed by atoms with Gasteiger partial charge in [-0.2, -0.15) is 17.0 Å². The summed E-state index contributed by atoms with van der Waals surface area (Å²) in [6.45, 7) is 9.53. The smallest absolute Gasteiger partial charge is 0.327 e. The molecular formula is C33H44N6O7S. The summed E-state index contributed by atoms with van der Waals surface area (Å²) in [5, 5.41) is 48.6. The van der Waals surface area contributed by atoms with E-state index in [0.717, 1.165) is 0 Å². The number of carboxylic acid groups (broad SMARTS) is 2. The van der Waals surface area contributed by atoms with E-state index < -0.39 is 35.8 Å². The van der Waals surface area contributed by atoms with Gasteiger partial charge in [0.1, 0.15) is 17.8 Å². The first-order valence-corrected chi connectivity index (χ1v) is 16.3. The van der Waals surface area contributed by atoms with E-state index in [2.05, 4.69) is 26.3 Å². The highest BCUT2D eigenvalue weighted by molar-refractivity contribution is 7.99. The third kappa shape index (κ3) is 14.5. The minimum absolute atomic E-state index is 0.0480. The van der Waals surface area contributed by atoms with Crippen molar-refractivity contribution in [2.45, 2.75) is 71.9 Å². The molecule has 254 valence electrons. The summed E-state index contributed by atoms with van der Waals surface area (Å²) in [6.07, 6.45) is 2.49. The Kier molecular flexibility index (Phi) is 15.0. The van der Waals surface area contributed by atoms with Crippen LogP contribution in [0.4, 0.5) is 11.4 Å². The van der Waals surface area contributed by atoms with Gasteiger partial charge < -0.3 is 31.3 Å². The first-order chi connectivity index (χ1) is 22.1.